The zero-order valence-corrected chi connectivity index (χ0v) is 16.1. The van der Waals surface area contributed by atoms with Crippen molar-refractivity contribution in [2.24, 2.45) is 0 Å². The van der Waals surface area contributed by atoms with E-state index in [0.29, 0.717) is 17.1 Å². The number of thiazole rings is 1. The fourth-order valence-corrected chi connectivity index (χ4v) is 4.36. The third-order valence-electron chi connectivity index (χ3n) is 5.00. The number of carbonyl (C=O) groups is 1. The van der Waals surface area contributed by atoms with Gasteiger partial charge in [-0.15, -0.1) is 11.3 Å². The summed E-state index contributed by atoms with van der Waals surface area (Å²) >= 11 is 0.950. The van der Waals surface area contributed by atoms with E-state index in [-0.39, 0.29) is 12.1 Å². The number of carbonyl (C=O) groups excluding carboxylic acids is 1. The predicted molar refractivity (Wildman–Crippen MR) is 107 cm³/mol. The lowest BCUT2D eigenvalue weighted by atomic mass is 10.0. The third-order valence-corrected chi connectivity index (χ3v) is 5.89. The first kappa shape index (κ1) is 18.6. The van der Waals surface area contributed by atoms with Gasteiger partial charge in [-0.3, -0.25) is 4.90 Å². The Morgan fingerprint density at radius 1 is 1.13 bits per heavy atom. The number of fused-ring (bicyclic) bond motifs is 1. The van der Waals surface area contributed by atoms with E-state index in [0.717, 1.165) is 39.0 Å². The van der Waals surface area contributed by atoms with E-state index in [2.05, 4.69) is 20.3 Å². The van der Waals surface area contributed by atoms with Crippen LogP contribution < -0.4 is 10.2 Å². The Balaban J connectivity index is 1.44. The second-order valence-corrected chi connectivity index (χ2v) is 7.69. The van der Waals surface area contributed by atoms with E-state index in [1.54, 1.807) is 23.4 Å². The van der Waals surface area contributed by atoms with Crippen molar-refractivity contribution in [1.29, 1.82) is 0 Å². The number of H-pyrrole nitrogens is 1. The van der Waals surface area contributed by atoms with Gasteiger partial charge < -0.3 is 10.3 Å². The zero-order valence-electron chi connectivity index (χ0n) is 15.3. The molecule has 2 amide bonds. The summed E-state index contributed by atoms with van der Waals surface area (Å²) in [4.78, 5) is 25.1. The van der Waals surface area contributed by atoms with Crippen molar-refractivity contribution in [1.82, 2.24) is 20.3 Å². The fraction of sp³-hybridized carbons (Fsp3) is 0.150. The molecule has 0 aliphatic carbocycles. The van der Waals surface area contributed by atoms with Crippen molar-refractivity contribution in [3.05, 3.63) is 65.4 Å². The van der Waals surface area contributed by atoms with Gasteiger partial charge in [-0.2, -0.15) is 13.2 Å². The van der Waals surface area contributed by atoms with Crippen LogP contribution in [0.3, 0.4) is 0 Å². The van der Waals surface area contributed by atoms with Gasteiger partial charge in [0.25, 0.3) is 0 Å². The summed E-state index contributed by atoms with van der Waals surface area (Å²) in [6.07, 6.45) is -2.86. The number of aromatic nitrogens is 3. The number of nitrogens with zero attached hydrogens (tertiary/aromatic N) is 3. The lowest BCUT2D eigenvalue weighted by Gasteiger charge is -2.23. The van der Waals surface area contributed by atoms with Gasteiger partial charge in [0.05, 0.1) is 23.4 Å². The highest BCUT2D eigenvalue weighted by Gasteiger charge is 2.35. The van der Waals surface area contributed by atoms with Gasteiger partial charge in [0.1, 0.15) is 5.01 Å². The highest BCUT2D eigenvalue weighted by atomic mass is 32.1. The molecule has 2 N–H and O–H groups in total. The van der Waals surface area contributed by atoms with E-state index in [4.69, 9.17) is 0 Å². The summed E-state index contributed by atoms with van der Waals surface area (Å²) in [5.74, 6) is 0. The van der Waals surface area contributed by atoms with Crippen LogP contribution in [0.4, 0.5) is 23.7 Å². The molecule has 0 spiro atoms. The second kappa shape index (κ2) is 6.84. The molecule has 1 fully saturated rings. The molecule has 0 radical (unpaired) electrons. The van der Waals surface area contributed by atoms with Gasteiger partial charge in [0, 0.05) is 23.2 Å². The summed E-state index contributed by atoms with van der Waals surface area (Å²) in [7, 11) is 0. The number of imidazole rings is 1. The van der Waals surface area contributed by atoms with E-state index in [1.807, 2.05) is 30.3 Å². The normalized spacial score (nSPS) is 17.0. The Kier molecular flexibility index (Phi) is 4.24. The first-order valence-electron chi connectivity index (χ1n) is 9.03. The van der Waals surface area contributed by atoms with Crippen LogP contribution in [0.15, 0.2) is 54.2 Å². The van der Waals surface area contributed by atoms with Crippen molar-refractivity contribution in [3.8, 4) is 10.6 Å². The zero-order chi connectivity index (χ0) is 20.9. The largest absolute Gasteiger partial charge is 0.434 e. The minimum absolute atomic E-state index is 0.210. The maximum Gasteiger partial charge on any atom is 0.434 e. The van der Waals surface area contributed by atoms with Crippen LogP contribution in [0.5, 0.6) is 0 Å². The molecule has 1 atom stereocenters. The van der Waals surface area contributed by atoms with Crippen LogP contribution in [0, 0.1) is 0 Å². The molecule has 1 saturated heterocycles. The number of anilines is 1. The van der Waals surface area contributed by atoms with Crippen LogP contribution in [0.1, 0.15) is 17.3 Å². The van der Waals surface area contributed by atoms with Crippen LogP contribution in [0.2, 0.25) is 0 Å². The Bertz CT molecular complexity index is 1230. The third kappa shape index (κ3) is 3.18. The number of urea groups is 1. The average molecular weight is 429 g/mol. The molecule has 1 aliphatic heterocycles. The van der Waals surface area contributed by atoms with Gasteiger partial charge in [0.15, 0.2) is 5.69 Å². The van der Waals surface area contributed by atoms with Crippen molar-refractivity contribution < 1.29 is 18.0 Å². The van der Waals surface area contributed by atoms with E-state index in [9.17, 15) is 18.0 Å². The number of aromatic amines is 1. The molecule has 30 heavy (non-hydrogen) atoms. The van der Waals surface area contributed by atoms with Crippen LogP contribution >= 0.6 is 11.3 Å². The van der Waals surface area contributed by atoms with Gasteiger partial charge in [0.2, 0.25) is 0 Å². The lowest BCUT2D eigenvalue weighted by Crippen LogP contribution is -2.29. The molecule has 6 nitrogen and oxygen atoms in total. The topological polar surface area (TPSA) is 73.9 Å². The fourth-order valence-electron chi connectivity index (χ4n) is 3.52. The number of nitrogens with one attached hydrogen (secondary N) is 2. The molecule has 0 bridgehead atoms. The Morgan fingerprint density at radius 2 is 1.93 bits per heavy atom. The monoisotopic (exact) mass is 429 g/mol. The molecule has 1 aliphatic rings. The first-order chi connectivity index (χ1) is 14.4. The Morgan fingerprint density at radius 3 is 2.67 bits per heavy atom. The molecule has 2 aromatic carbocycles. The quantitative estimate of drug-likeness (QED) is 0.483. The first-order valence-corrected chi connectivity index (χ1v) is 9.91. The van der Waals surface area contributed by atoms with Gasteiger partial charge in [-0.05, 0) is 23.8 Å². The van der Waals surface area contributed by atoms with E-state index >= 15 is 0 Å². The Hall–Kier alpha value is -3.40. The molecular weight excluding hydrogens is 415 g/mol. The van der Waals surface area contributed by atoms with Crippen LogP contribution in [0.25, 0.3) is 21.6 Å². The highest BCUT2D eigenvalue weighted by Crippen LogP contribution is 2.35. The summed E-state index contributed by atoms with van der Waals surface area (Å²) < 4.78 is 38.4. The smallest absolute Gasteiger partial charge is 0.345 e. The summed E-state index contributed by atoms with van der Waals surface area (Å²) in [5.41, 5.74) is 2.94. The van der Waals surface area contributed by atoms with Crippen LogP contribution in [-0.2, 0) is 6.18 Å². The minimum Gasteiger partial charge on any atom is -0.345 e. The summed E-state index contributed by atoms with van der Waals surface area (Å²) in [6.45, 7) is 0.425. The van der Waals surface area contributed by atoms with Gasteiger partial charge in [-0.25, -0.2) is 14.8 Å². The highest BCUT2D eigenvalue weighted by molar-refractivity contribution is 7.13. The average Bonchev–Trinajstić information content (AvgIpc) is 3.46. The second-order valence-electron chi connectivity index (χ2n) is 6.83. The number of hydrogen-bond acceptors (Lipinski definition) is 4. The van der Waals surface area contributed by atoms with Crippen molar-refractivity contribution >= 4 is 34.1 Å². The number of hydrogen-bond donors (Lipinski definition) is 2. The van der Waals surface area contributed by atoms with Gasteiger partial charge >= 0.3 is 12.2 Å². The van der Waals surface area contributed by atoms with E-state index < -0.39 is 11.9 Å². The molecule has 2 aromatic heterocycles. The van der Waals surface area contributed by atoms with Crippen molar-refractivity contribution in [3.63, 3.8) is 0 Å². The minimum atomic E-state index is -4.46. The maximum atomic E-state index is 12.8. The standard InChI is InChI=1S/C20H14F3N5OS/c21-20(22,23)17-9-30-18(27-17)12-3-1-11(2-4-12)16-8-24-19(29)28(16)13-5-6-14-15(7-13)26-10-25-14/h1-7,9-10,16H,8H2,(H,24,29)(H,25,26). The summed E-state index contributed by atoms with van der Waals surface area (Å²) in [6, 6.07) is 12.2. The van der Waals surface area contributed by atoms with Gasteiger partial charge in [-0.1, -0.05) is 24.3 Å². The number of halogens is 3. The molecular formula is C20H14F3N5OS. The predicted octanol–water partition coefficient (Wildman–Crippen LogP) is 4.98. The number of amides is 2. The SMILES string of the molecule is O=C1NCC(c2ccc(-c3nc(C(F)(F)F)cs3)cc2)N1c1ccc2nc[nH]c2c1. The van der Waals surface area contributed by atoms with Crippen LogP contribution in [-0.4, -0.2) is 27.5 Å². The molecule has 10 heteroatoms. The number of benzene rings is 2. The van der Waals surface area contributed by atoms with Crippen molar-refractivity contribution in [2.75, 3.05) is 11.4 Å². The molecule has 152 valence electrons. The van der Waals surface area contributed by atoms with E-state index in [1.165, 1.54) is 0 Å². The molecule has 0 saturated carbocycles. The molecule has 4 aromatic rings. The maximum absolute atomic E-state index is 12.8. The Labute approximate surface area is 172 Å². The number of rotatable bonds is 3. The molecule has 5 rings (SSSR count). The number of alkyl halides is 3. The molecule has 3 heterocycles. The summed E-state index contributed by atoms with van der Waals surface area (Å²) in [5, 5.41) is 4.16. The lowest BCUT2D eigenvalue weighted by molar-refractivity contribution is -0.140. The molecule has 1 unspecified atom stereocenters. The van der Waals surface area contributed by atoms with Crippen molar-refractivity contribution in [2.45, 2.75) is 12.2 Å².